The molecule has 0 aliphatic carbocycles. The minimum atomic E-state index is -0.443. The first-order valence-electron chi connectivity index (χ1n) is 11.6. The van der Waals surface area contributed by atoms with Gasteiger partial charge in [0.25, 0.3) is 0 Å². The Kier molecular flexibility index (Phi) is 9.56. The SMILES string of the molecule is CC(C)(C)C(O)CC(O)C(C)(C)C.[Ir].[c-]1cc2ccccc2cc1-c1ccc2ccccc2n1. The molecule has 0 fully saturated rings. The van der Waals surface area contributed by atoms with Gasteiger partial charge in [-0.1, -0.05) is 102 Å². The first-order valence-corrected chi connectivity index (χ1v) is 11.6. The van der Waals surface area contributed by atoms with E-state index in [1.807, 2.05) is 71.9 Å². The van der Waals surface area contributed by atoms with Crippen molar-refractivity contribution >= 4 is 21.7 Å². The summed E-state index contributed by atoms with van der Waals surface area (Å²) in [7, 11) is 0. The Balaban J connectivity index is 0.000000258. The molecule has 0 spiro atoms. The van der Waals surface area contributed by atoms with Crippen LogP contribution in [0.4, 0.5) is 0 Å². The summed E-state index contributed by atoms with van der Waals surface area (Å²) in [5, 5.41) is 23.1. The van der Waals surface area contributed by atoms with Crippen LogP contribution >= 0.6 is 0 Å². The van der Waals surface area contributed by atoms with E-state index in [2.05, 4.69) is 48.5 Å². The second-order valence-electron chi connectivity index (χ2n) is 10.9. The van der Waals surface area contributed by atoms with Crippen LogP contribution < -0.4 is 0 Å². The van der Waals surface area contributed by atoms with Crippen molar-refractivity contribution in [3.05, 3.63) is 78.9 Å². The minimum Gasteiger partial charge on any atom is -0.392 e. The van der Waals surface area contributed by atoms with Gasteiger partial charge in [0.1, 0.15) is 0 Å². The van der Waals surface area contributed by atoms with Gasteiger partial charge in [-0.05, 0) is 28.0 Å². The normalized spacial score (nSPS) is 13.5. The van der Waals surface area contributed by atoms with Gasteiger partial charge in [-0.15, -0.1) is 29.1 Å². The first kappa shape index (κ1) is 28.1. The molecule has 0 aliphatic heterocycles. The maximum absolute atomic E-state index is 9.76. The van der Waals surface area contributed by atoms with Crippen LogP contribution in [0.2, 0.25) is 0 Å². The topological polar surface area (TPSA) is 53.4 Å². The van der Waals surface area contributed by atoms with Gasteiger partial charge in [0, 0.05) is 26.5 Å². The van der Waals surface area contributed by atoms with Crippen molar-refractivity contribution in [2.45, 2.75) is 60.2 Å². The molecule has 0 bridgehead atoms. The summed E-state index contributed by atoms with van der Waals surface area (Å²) in [5.41, 5.74) is 2.73. The summed E-state index contributed by atoms with van der Waals surface area (Å²) in [5.74, 6) is 0. The van der Waals surface area contributed by atoms with E-state index in [-0.39, 0.29) is 30.9 Å². The molecule has 0 amide bonds. The van der Waals surface area contributed by atoms with E-state index in [1.54, 1.807) is 0 Å². The zero-order chi connectivity index (χ0) is 24.2. The third kappa shape index (κ3) is 7.45. The molecule has 0 saturated carbocycles. The molecule has 1 radical (unpaired) electrons. The number of benzene rings is 3. The van der Waals surface area contributed by atoms with Crippen LogP contribution in [-0.2, 0) is 20.1 Å². The Morgan fingerprint density at radius 3 is 1.85 bits per heavy atom. The number of para-hydroxylation sites is 1. The van der Waals surface area contributed by atoms with E-state index in [0.29, 0.717) is 6.42 Å². The van der Waals surface area contributed by atoms with E-state index in [9.17, 15) is 10.2 Å². The van der Waals surface area contributed by atoms with Crippen molar-refractivity contribution in [3.8, 4) is 11.3 Å². The largest absolute Gasteiger partial charge is 0.392 e. The summed E-state index contributed by atoms with van der Waals surface area (Å²) >= 11 is 0. The van der Waals surface area contributed by atoms with Gasteiger partial charge in [0.15, 0.2) is 0 Å². The summed E-state index contributed by atoms with van der Waals surface area (Å²) in [6.45, 7) is 11.9. The van der Waals surface area contributed by atoms with Crippen LogP contribution in [0.25, 0.3) is 32.9 Å². The second-order valence-corrected chi connectivity index (χ2v) is 10.9. The molecule has 2 atom stereocenters. The molecular formula is C30H36IrNO2-. The average Bonchev–Trinajstić information content (AvgIpc) is 2.77. The summed E-state index contributed by atoms with van der Waals surface area (Å²) in [4.78, 5) is 4.72. The molecule has 4 aromatic rings. The van der Waals surface area contributed by atoms with Crippen molar-refractivity contribution in [2.24, 2.45) is 10.8 Å². The summed E-state index contributed by atoms with van der Waals surface area (Å²) in [6, 6.07) is 28.2. The van der Waals surface area contributed by atoms with Gasteiger partial charge in [0.2, 0.25) is 0 Å². The van der Waals surface area contributed by atoms with E-state index in [1.165, 1.54) is 10.8 Å². The fourth-order valence-corrected chi connectivity index (χ4v) is 3.41. The number of nitrogens with zero attached hydrogens (tertiary/aromatic N) is 1. The zero-order valence-corrected chi connectivity index (χ0v) is 23.4. The number of aliphatic hydroxyl groups excluding tert-OH is 2. The van der Waals surface area contributed by atoms with Crippen LogP contribution in [0.1, 0.15) is 48.0 Å². The fourth-order valence-electron chi connectivity index (χ4n) is 3.41. The fraction of sp³-hybridized carbons (Fsp3) is 0.367. The Morgan fingerprint density at radius 1 is 0.735 bits per heavy atom. The van der Waals surface area contributed by atoms with E-state index >= 15 is 0 Å². The van der Waals surface area contributed by atoms with Gasteiger partial charge >= 0.3 is 0 Å². The Hall–Kier alpha value is -2.10. The van der Waals surface area contributed by atoms with Gasteiger partial charge < -0.3 is 10.2 Å². The molecule has 183 valence electrons. The standard InChI is InChI=1S/C19H12N.C11H24O2.Ir/c1-2-7-16-13-17(10-9-14(16)5-1)19-12-11-15-6-3-4-8-18(15)20-19;1-10(2,3)8(12)7-9(13)11(4,5)6;/h1-9,11-13H;8-9,12-13H,7H2,1-6H3;/q-1;;. The average molecular weight is 635 g/mol. The number of hydrogen-bond donors (Lipinski definition) is 2. The Bertz CT molecular complexity index is 1110. The third-order valence-electron chi connectivity index (χ3n) is 6.00. The molecule has 1 heterocycles. The van der Waals surface area contributed by atoms with Crippen LogP contribution in [-0.4, -0.2) is 27.4 Å². The van der Waals surface area contributed by atoms with Crippen molar-refractivity contribution in [3.63, 3.8) is 0 Å². The van der Waals surface area contributed by atoms with Crippen molar-refractivity contribution in [1.82, 2.24) is 4.98 Å². The molecule has 4 rings (SSSR count). The number of aromatic nitrogens is 1. The van der Waals surface area contributed by atoms with Crippen LogP contribution in [0, 0.1) is 16.9 Å². The predicted molar refractivity (Wildman–Crippen MR) is 139 cm³/mol. The summed E-state index contributed by atoms with van der Waals surface area (Å²) < 4.78 is 0. The number of pyridine rings is 1. The van der Waals surface area contributed by atoms with Gasteiger partial charge in [-0.25, -0.2) is 0 Å². The van der Waals surface area contributed by atoms with E-state index < -0.39 is 12.2 Å². The van der Waals surface area contributed by atoms with Crippen molar-refractivity contribution in [1.29, 1.82) is 0 Å². The maximum Gasteiger partial charge on any atom is 0.0613 e. The molecule has 3 aromatic carbocycles. The van der Waals surface area contributed by atoms with Gasteiger partial charge in [-0.3, -0.25) is 4.98 Å². The van der Waals surface area contributed by atoms with Gasteiger partial charge in [-0.2, -0.15) is 0 Å². The molecule has 2 unspecified atom stereocenters. The number of fused-ring (bicyclic) bond motifs is 2. The number of hydrogen-bond acceptors (Lipinski definition) is 3. The maximum atomic E-state index is 9.76. The molecule has 4 heteroatoms. The predicted octanol–water partition coefficient (Wildman–Crippen LogP) is 7.04. The second kappa shape index (κ2) is 11.6. The number of aliphatic hydroxyl groups is 2. The smallest absolute Gasteiger partial charge is 0.0613 e. The van der Waals surface area contributed by atoms with Gasteiger partial charge in [0.05, 0.1) is 17.7 Å². The van der Waals surface area contributed by atoms with E-state index in [0.717, 1.165) is 22.2 Å². The molecule has 2 N–H and O–H groups in total. The molecule has 0 saturated heterocycles. The van der Waals surface area contributed by atoms with Crippen molar-refractivity contribution < 1.29 is 30.3 Å². The molecule has 3 nitrogen and oxygen atoms in total. The van der Waals surface area contributed by atoms with Crippen molar-refractivity contribution in [2.75, 3.05) is 0 Å². The quantitative estimate of drug-likeness (QED) is 0.238. The van der Waals surface area contributed by atoms with E-state index in [4.69, 9.17) is 4.98 Å². The number of rotatable bonds is 3. The van der Waals surface area contributed by atoms with Crippen LogP contribution in [0.15, 0.2) is 72.8 Å². The third-order valence-corrected chi connectivity index (χ3v) is 6.00. The van der Waals surface area contributed by atoms with Crippen LogP contribution in [0.3, 0.4) is 0 Å². The monoisotopic (exact) mass is 635 g/mol. The molecular weight excluding hydrogens is 599 g/mol. The zero-order valence-electron chi connectivity index (χ0n) is 21.0. The Labute approximate surface area is 217 Å². The van der Waals surface area contributed by atoms with Crippen LogP contribution in [0.5, 0.6) is 0 Å². The molecule has 1 aromatic heterocycles. The molecule has 34 heavy (non-hydrogen) atoms. The minimum absolute atomic E-state index is 0. The molecule has 0 aliphatic rings. The first-order chi connectivity index (χ1) is 15.4. The Morgan fingerprint density at radius 2 is 1.26 bits per heavy atom. The summed E-state index contributed by atoms with van der Waals surface area (Å²) in [6.07, 6.45) is -0.434.